The number of nitro groups is 1. The minimum absolute atomic E-state index is 0.0534. The second-order valence-corrected chi connectivity index (χ2v) is 6.83. The van der Waals surface area contributed by atoms with Gasteiger partial charge in [0.15, 0.2) is 11.5 Å². The van der Waals surface area contributed by atoms with Crippen LogP contribution in [0.1, 0.15) is 16.7 Å². The number of non-ortho nitro benzene ring substituents is 1. The van der Waals surface area contributed by atoms with Crippen LogP contribution >= 0.6 is 0 Å². The van der Waals surface area contributed by atoms with Crippen molar-refractivity contribution in [3.63, 3.8) is 0 Å². The lowest BCUT2D eigenvalue weighted by molar-refractivity contribution is -0.384. The van der Waals surface area contributed by atoms with Crippen LogP contribution in [0.5, 0.6) is 11.5 Å². The number of carbonyl (C=O) groups excluding carboxylic acids is 1. The maximum Gasteiger partial charge on any atom is 0.269 e. The molecule has 1 amide bonds. The number of hydrogen-bond donors (Lipinski definition) is 0. The molecule has 2 aliphatic rings. The van der Waals surface area contributed by atoms with E-state index in [2.05, 4.69) is 5.10 Å². The molecule has 0 saturated heterocycles. The van der Waals surface area contributed by atoms with Crippen molar-refractivity contribution in [2.75, 3.05) is 11.8 Å². The summed E-state index contributed by atoms with van der Waals surface area (Å²) >= 11 is 0. The topological polar surface area (TPSA) is 94.3 Å². The SMILES string of the molecule is O=C1Cc2cc3c(cc2C(c2ccccc2)=NN1c1ccc([N+](=O)[O-])cc1)OCO3. The molecule has 0 fully saturated rings. The second kappa shape index (κ2) is 7.00. The Balaban J connectivity index is 1.67. The summed E-state index contributed by atoms with van der Waals surface area (Å²) in [6.07, 6.45) is 0.1000. The Morgan fingerprint density at radius 2 is 1.67 bits per heavy atom. The van der Waals surface area contributed by atoms with Gasteiger partial charge in [-0.15, -0.1) is 0 Å². The van der Waals surface area contributed by atoms with Gasteiger partial charge in [-0.1, -0.05) is 30.3 Å². The molecular formula is C22H15N3O5. The van der Waals surface area contributed by atoms with Gasteiger partial charge in [0, 0.05) is 23.3 Å². The molecule has 2 aliphatic heterocycles. The lowest BCUT2D eigenvalue weighted by atomic mass is 9.95. The van der Waals surface area contributed by atoms with Crippen LogP contribution in [0.4, 0.5) is 11.4 Å². The minimum Gasteiger partial charge on any atom is -0.454 e. The largest absolute Gasteiger partial charge is 0.454 e. The summed E-state index contributed by atoms with van der Waals surface area (Å²) in [7, 11) is 0. The number of fused-ring (bicyclic) bond motifs is 2. The van der Waals surface area contributed by atoms with Gasteiger partial charge in [-0.3, -0.25) is 14.9 Å². The van der Waals surface area contributed by atoms with Gasteiger partial charge >= 0.3 is 0 Å². The van der Waals surface area contributed by atoms with Gasteiger partial charge in [0.25, 0.3) is 11.6 Å². The van der Waals surface area contributed by atoms with Crippen LogP contribution in [0.3, 0.4) is 0 Å². The zero-order valence-electron chi connectivity index (χ0n) is 15.6. The quantitative estimate of drug-likeness (QED) is 0.493. The Bertz CT molecular complexity index is 1190. The maximum absolute atomic E-state index is 13.1. The van der Waals surface area contributed by atoms with Gasteiger partial charge in [-0.25, -0.2) is 0 Å². The van der Waals surface area contributed by atoms with Gasteiger partial charge in [0.05, 0.1) is 22.7 Å². The number of nitrogens with zero attached hydrogens (tertiary/aromatic N) is 3. The van der Waals surface area contributed by atoms with Crippen molar-refractivity contribution in [2.45, 2.75) is 6.42 Å². The van der Waals surface area contributed by atoms with E-state index < -0.39 is 4.92 Å². The van der Waals surface area contributed by atoms with Crippen LogP contribution in [-0.2, 0) is 11.2 Å². The van der Waals surface area contributed by atoms with Gasteiger partial charge in [0.2, 0.25) is 6.79 Å². The molecule has 5 rings (SSSR count). The first-order chi connectivity index (χ1) is 14.6. The molecule has 0 aromatic heterocycles. The van der Waals surface area contributed by atoms with E-state index in [1.54, 1.807) is 0 Å². The Labute approximate surface area is 171 Å². The third-order valence-electron chi connectivity index (χ3n) is 4.98. The van der Waals surface area contributed by atoms with Crippen molar-refractivity contribution >= 4 is 23.0 Å². The first kappa shape index (κ1) is 17.9. The highest BCUT2D eigenvalue weighted by Crippen LogP contribution is 2.37. The van der Waals surface area contributed by atoms with Crippen LogP contribution < -0.4 is 14.5 Å². The standard InChI is InChI=1S/C22H15N3O5/c26-21-11-15-10-19-20(30-13-29-19)12-18(15)22(14-4-2-1-3-5-14)23-24(21)16-6-8-17(9-7-16)25(27)28/h1-10,12H,11,13H2. The number of benzene rings is 3. The summed E-state index contributed by atoms with van der Waals surface area (Å²) in [5, 5.41) is 16.9. The number of hydrazone groups is 1. The molecule has 3 aromatic carbocycles. The van der Waals surface area contributed by atoms with Crippen LogP contribution in [0.25, 0.3) is 0 Å². The van der Waals surface area contributed by atoms with Crippen LogP contribution in [0.15, 0.2) is 71.8 Å². The number of carbonyl (C=O) groups is 1. The lowest BCUT2D eigenvalue weighted by Crippen LogP contribution is -2.26. The maximum atomic E-state index is 13.1. The monoisotopic (exact) mass is 401 g/mol. The number of rotatable bonds is 3. The highest BCUT2D eigenvalue weighted by atomic mass is 16.7. The molecule has 0 aliphatic carbocycles. The fourth-order valence-electron chi connectivity index (χ4n) is 3.52. The van der Waals surface area contributed by atoms with E-state index in [1.165, 1.54) is 29.3 Å². The molecule has 0 atom stereocenters. The number of hydrogen-bond acceptors (Lipinski definition) is 6. The third kappa shape index (κ3) is 3.04. The molecule has 2 heterocycles. The fourth-order valence-corrected chi connectivity index (χ4v) is 3.52. The van der Waals surface area contributed by atoms with Crippen molar-refractivity contribution in [3.8, 4) is 11.5 Å². The molecule has 0 saturated carbocycles. The smallest absolute Gasteiger partial charge is 0.269 e. The molecule has 0 radical (unpaired) electrons. The van der Waals surface area contributed by atoms with E-state index in [9.17, 15) is 14.9 Å². The summed E-state index contributed by atoms with van der Waals surface area (Å²) in [5.74, 6) is 0.946. The molecule has 0 spiro atoms. The third-order valence-corrected chi connectivity index (χ3v) is 4.98. The fraction of sp³-hybridized carbons (Fsp3) is 0.0909. The highest BCUT2D eigenvalue weighted by Gasteiger charge is 2.28. The van der Waals surface area contributed by atoms with Crippen molar-refractivity contribution < 1.29 is 19.2 Å². The van der Waals surface area contributed by atoms with E-state index in [0.717, 1.165) is 16.7 Å². The van der Waals surface area contributed by atoms with Crippen LogP contribution in [-0.4, -0.2) is 23.3 Å². The van der Waals surface area contributed by atoms with E-state index >= 15 is 0 Å². The molecule has 0 unspecified atom stereocenters. The average molecular weight is 401 g/mol. The number of amides is 1. The first-order valence-electron chi connectivity index (χ1n) is 9.24. The molecule has 0 bridgehead atoms. The van der Waals surface area contributed by atoms with Crippen molar-refractivity contribution in [1.29, 1.82) is 0 Å². The summed E-state index contributed by atoms with van der Waals surface area (Å²) < 4.78 is 11.0. The first-order valence-corrected chi connectivity index (χ1v) is 9.24. The summed E-state index contributed by atoms with van der Waals surface area (Å²) in [6, 6.07) is 18.9. The van der Waals surface area contributed by atoms with Crippen LogP contribution in [0.2, 0.25) is 0 Å². The highest BCUT2D eigenvalue weighted by molar-refractivity contribution is 6.17. The molecule has 8 heteroatoms. The van der Waals surface area contributed by atoms with Crippen molar-refractivity contribution in [1.82, 2.24) is 0 Å². The van der Waals surface area contributed by atoms with E-state index in [0.29, 0.717) is 22.9 Å². The number of ether oxygens (including phenoxy) is 2. The molecule has 30 heavy (non-hydrogen) atoms. The van der Waals surface area contributed by atoms with Gasteiger partial charge in [0.1, 0.15) is 0 Å². The Morgan fingerprint density at radius 3 is 2.37 bits per heavy atom. The molecular weight excluding hydrogens is 386 g/mol. The van der Waals surface area contributed by atoms with Gasteiger partial charge in [-0.05, 0) is 29.8 Å². The van der Waals surface area contributed by atoms with Gasteiger partial charge in [-0.2, -0.15) is 10.1 Å². The lowest BCUT2D eigenvalue weighted by Gasteiger charge is -2.16. The average Bonchev–Trinajstić information content (AvgIpc) is 3.16. The predicted octanol–water partition coefficient (Wildman–Crippen LogP) is 3.67. The number of nitro benzene ring substituents is 1. The Hall–Kier alpha value is -4.20. The second-order valence-electron chi connectivity index (χ2n) is 6.83. The summed E-state index contributed by atoms with van der Waals surface area (Å²) in [4.78, 5) is 23.6. The van der Waals surface area contributed by atoms with Crippen molar-refractivity contribution in [2.24, 2.45) is 5.10 Å². The Morgan fingerprint density at radius 1 is 0.967 bits per heavy atom. The molecule has 3 aromatic rings. The normalized spacial score (nSPS) is 14.7. The summed E-state index contributed by atoms with van der Waals surface area (Å²) in [5.41, 5.74) is 3.39. The minimum atomic E-state index is -0.482. The zero-order valence-corrected chi connectivity index (χ0v) is 15.6. The van der Waals surface area contributed by atoms with E-state index in [1.807, 2.05) is 42.5 Å². The molecule has 8 nitrogen and oxygen atoms in total. The van der Waals surface area contributed by atoms with E-state index in [4.69, 9.17) is 9.47 Å². The molecule has 148 valence electrons. The molecule has 0 N–H and O–H groups in total. The Kier molecular flexibility index (Phi) is 4.17. The van der Waals surface area contributed by atoms with Crippen LogP contribution in [0, 0.1) is 10.1 Å². The predicted molar refractivity (Wildman–Crippen MR) is 109 cm³/mol. The van der Waals surface area contributed by atoms with Gasteiger partial charge < -0.3 is 9.47 Å². The zero-order chi connectivity index (χ0) is 20.7. The summed E-state index contributed by atoms with van der Waals surface area (Å²) in [6.45, 7) is 0.138. The number of anilines is 1. The van der Waals surface area contributed by atoms with Crippen molar-refractivity contribution in [3.05, 3.63) is 93.5 Å². The van der Waals surface area contributed by atoms with E-state index in [-0.39, 0.29) is 24.8 Å².